The normalized spacial score (nSPS) is 13.3. The molecule has 0 amide bonds. The molecule has 0 saturated heterocycles. The van der Waals surface area contributed by atoms with Crippen molar-refractivity contribution in [3.8, 4) is 0 Å². The third-order valence-electron chi connectivity index (χ3n) is 9.29. The number of quaternary nitrogens is 1. The summed E-state index contributed by atoms with van der Waals surface area (Å²) in [4.78, 5) is 36.8. The largest absolute Gasteiger partial charge is 0.477 e. The van der Waals surface area contributed by atoms with Gasteiger partial charge in [0.05, 0.1) is 34.4 Å². The molecule has 0 radical (unpaired) electrons. The third kappa shape index (κ3) is 33.4. The van der Waals surface area contributed by atoms with Crippen molar-refractivity contribution in [2.45, 2.75) is 187 Å². The Morgan fingerprint density at radius 2 is 1.04 bits per heavy atom. The number of hydrogen-bond donors (Lipinski definition) is 1. The van der Waals surface area contributed by atoms with Gasteiger partial charge in [-0.2, -0.15) is 0 Å². The van der Waals surface area contributed by atoms with Crippen molar-refractivity contribution in [2.24, 2.45) is 0 Å². The van der Waals surface area contributed by atoms with Crippen LogP contribution in [0.3, 0.4) is 0 Å². The fourth-order valence-corrected chi connectivity index (χ4v) is 5.99. The number of esters is 2. The van der Waals surface area contributed by atoms with E-state index in [0.717, 1.165) is 38.5 Å². The summed E-state index contributed by atoms with van der Waals surface area (Å²) >= 11 is 0. The molecular weight excluding hydrogens is 654 g/mol. The summed E-state index contributed by atoms with van der Waals surface area (Å²) in [5.74, 6) is -1.53. The van der Waals surface area contributed by atoms with Gasteiger partial charge in [0.1, 0.15) is 6.61 Å². The smallest absolute Gasteiger partial charge is 0.362 e. The molecule has 0 bridgehead atoms. The van der Waals surface area contributed by atoms with E-state index in [9.17, 15) is 19.5 Å². The fraction of sp³-hybridized carbons (Fsp3) is 0.795. The Balaban J connectivity index is 4.46. The molecule has 8 heteroatoms. The van der Waals surface area contributed by atoms with Crippen LogP contribution in [-0.2, 0) is 28.6 Å². The van der Waals surface area contributed by atoms with Gasteiger partial charge in [0.15, 0.2) is 12.1 Å². The first-order valence-corrected chi connectivity index (χ1v) is 21.0. The summed E-state index contributed by atoms with van der Waals surface area (Å²) in [5, 5.41) is 9.59. The van der Waals surface area contributed by atoms with E-state index in [2.05, 4.69) is 50.3 Å². The molecule has 0 aliphatic carbocycles. The van der Waals surface area contributed by atoms with Crippen LogP contribution >= 0.6 is 0 Å². The van der Waals surface area contributed by atoms with Gasteiger partial charge in [-0.25, -0.2) is 4.79 Å². The van der Waals surface area contributed by atoms with Crippen molar-refractivity contribution in [1.29, 1.82) is 0 Å². The molecule has 0 aliphatic heterocycles. The summed E-state index contributed by atoms with van der Waals surface area (Å²) in [6.07, 6.45) is 39.1. The van der Waals surface area contributed by atoms with Crippen LogP contribution in [-0.4, -0.2) is 80.6 Å². The van der Waals surface area contributed by atoms with Crippen molar-refractivity contribution in [3.05, 3.63) is 36.5 Å². The number of ether oxygens (including phenoxy) is 3. The van der Waals surface area contributed by atoms with Crippen molar-refractivity contribution >= 4 is 17.9 Å². The average molecular weight is 735 g/mol. The van der Waals surface area contributed by atoms with Crippen LogP contribution < -0.4 is 0 Å². The van der Waals surface area contributed by atoms with E-state index in [1.807, 2.05) is 21.1 Å². The maximum absolute atomic E-state index is 12.7. The van der Waals surface area contributed by atoms with E-state index in [1.165, 1.54) is 96.3 Å². The summed E-state index contributed by atoms with van der Waals surface area (Å²) in [7, 11) is 5.50. The molecule has 0 aromatic carbocycles. The highest BCUT2D eigenvalue weighted by molar-refractivity contribution is 5.72. The van der Waals surface area contributed by atoms with Crippen molar-refractivity contribution in [1.82, 2.24) is 0 Å². The number of unbranched alkanes of at least 4 members (excludes halogenated alkanes) is 17. The fourth-order valence-electron chi connectivity index (χ4n) is 5.99. The van der Waals surface area contributed by atoms with E-state index in [1.54, 1.807) is 0 Å². The number of aliphatic carboxylic acids is 1. The highest BCUT2D eigenvalue weighted by Crippen LogP contribution is 2.13. The minimum Gasteiger partial charge on any atom is -0.477 e. The van der Waals surface area contributed by atoms with Crippen molar-refractivity contribution in [2.75, 3.05) is 41.0 Å². The van der Waals surface area contributed by atoms with Crippen LogP contribution in [0, 0.1) is 0 Å². The predicted octanol–water partition coefficient (Wildman–Crippen LogP) is 11.1. The molecular formula is C44H80NO7+. The molecule has 0 heterocycles. The quantitative estimate of drug-likeness (QED) is 0.0293. The van der Waals surface area contributed by atoms with E-state index >= 15 is 0 Å². The summed E-state index contributed by atoms with van der Waals surface area (Å²) in [5.41, 5.74) is 0. The van der Waals surface area contributed by atoms with Gasteiger partial charge in [0.25, 0.3) is 0 Å². The Labute approximate surface area is 319 Å². The molecule has 0 aromatic heterocycles. The first-order valence-electron chi connectivity index (χ1n) is 21.0. The number of carbonyl (C=O) groups is 3. The van der Waals surface area contributed by atoms with Gasteiger partial charge in [-0.1, -0.05) is 147 Å². The van der Waals surface area contributed by atoms with E-state index < -0.39 is 18.1 Å². The molecule has 0 spiro atoms. The van der Waals surface area contributed by atoms with Crippen LogP contribution in [0.1, 0.15) is 174 Å². The van der Waals surface area contributed by atoms with Crippen LogP contribution in [0.2, 0.25) is 0 Å². The number of hydrogen-bond acceptors (Lipinski definition) is 6. The number of carboxylic acid groups (broad SMARTS) is 1. The van der Waals surface area contributed by atoms with Crippen molar-refractivity contribution in [3.63, 3.8) is 0 Å². The second kappa shape index (κ2) is 35.6. The summed E-state index contributed by atoms with van der Waals surface area (Å²) < 4.78 is 17.2. The first-order chi connectivity index (χ1) is 25.1. The molecule has 0 fully saturated rings. The lowest BCUT2D eigenvalue weighted by Gasteiger charge is -2.31. The highest BCUT2D eigenvalue weighted by atomic mass is 16.6. The molecule has 0 rings (SSSR count). The monoisotopic (exact) mass is 735 g/mol. The highest BCUT2D eigenvalue weighted by Gasteiger charge is 2.31. The van der Waals surface area contributed by atoms with Crippen LogP contribution in [0.5, 0.6) is 0 Å². The lowest BCUT2D eigenvalue weighted by atomic mass is 10.1. The number of rotatable bonds is 37. The Hall–Kier alpha value is -2.45. The zero-order valence-electron chi connectivity index (χ0n) is 34.3. The number of allylic oxidation sites excluding steroid dienone is 6. The van der Waals surface area contributed by atoms with E-state index in [0.29, 0.717) is 19.3 Å². The maximum Gasteiger partial charge on any atom is 0.362 e. The standard InChI is InChI=1S/C44H79NO7/c1-6-8-10-12-14-16-18-19-20-21-22-23-25-27-29-31-33-35-43(47)52-40(38-50-37-36-41(44(48)49)45(3,4)5)39-51-42(46)34-32-30-28-26-24-17-15-13-11-9-7-2/h19-20,22-23,27,29,40-41H,6-18,21,24-26,28,30-39H2,1-5H3/p+1/b20-19+,23-22+,29-27+. The molecule has 52 heavy (non-hydrogen) atoms. The van der Waals surface area contributed by atoms with Gasteiger partial charge in [0.2, 0.25) is 0 Å². The summed E-state index contributed by atoms with van der Waals surface area (Å²) in [6, 6.07) is -0.621. The number of nitrogens with zero attached hydrogens (tertiary/aromatic N) is 1. The molecule has 0 aliphatic rings. The molecule has 2 unspecified atom stereocenters. The molecule has 0 saturated carbocycles. The lowest BCUT2D eigenvalue weighted by molar-refractivity contribution is -0.887. The topological polar surface area (TPSA) is 99.1 Å². The van der Waals surface area contributed by atoms with Gasteiger partial charge < -0.3 is 23.8 Å². The Morgan fingerprint density at radius 1 is 0.577 bits per heavy atom. The average Bonchev–Trinajstić information content (AvgIpc) is 3.09. The molecule has 8 nitrogen and oxygen atoms in total. The zero-order chi connectivity index (χ0) is 38.5. The minimum absolute atomic E-state index is 0.0431. The van der Waals surface area contributed by atoms with Crippen LogP contribution in [0.25, 0.3) is 0 Å². The molecule has 0 aromatic rings. The second-order valence-corrected chi connectivity index (χ2v) is 15.2. The molecule has 302 valence electrons. The van der Waals surface area contributed by atoms with Gasteiger partial charge >= 0.3 is 17.9 Å². The predicted molar refractivity (Wildman–Crippen MR) is 215 cm³/mol. The zero-order valence-corrected chi connectivity index (χ0v) is 34.3. The minimum atomic E-state index is -0.883. The number of carbonyl (C=O) groups excluding carboxylic acids is 2. The molecule has 2 atom stereocenters. The lowest BCUT2D eigenvalue weighted by Crippen LogP contribution is -2.50. The van der Waals surface area contributed by atoms with Gasteiger partial charge in [0, 0.05) is 19.3 Å². The number of likely N-dealkylation sites (N-methyl/N-ethyl adjacent to an activating group) is 1. The Morgan fingerprint density at radius 3 is 1.56 bits per heavy atom. The van der Waals surface area contributed by atoms with Crippen molar-refractivity contribution < 1.29 is 38.2 Å². The third-order valence-corrected chi connectivity index (χ3v) is 9.29. The van der Waals surface area contributed by atoms with Crippen LogP contribution in [0.15, 0.2) is 36.5 Å². The Bertz CT molecular complexity index is 953. The SMILES string of the molecule is CCCCCCCC/C=C/C/C=C/C/C=C/CCCC(=O)OC(COCCC(C(=O)O)[N+](C)(C)C)COC(=O)CCCCCCCCCCCCC. The van der Waals surface area contributed by atoms with Gasteiger partial charge in [-0.15, -0.1) is 0 Å². The van der Waals surface area contributed by atoms with Gasteiger partial charge in [-0.05, 0) is 44.9 Å². The van der Waals surface area contributed by atoms with E-state index in [4.69, 9.17) is 14.2 Å². The maximum atomic E-state index is 12.7. The Kier molecular flexibility index (Phi) is 33.9. The first kappa shape index (κ1) is 49.6. The summed E-state index contributed by atoms with van der Waals surface area (Å²) in [6.45, 7) is 4.66. The van der Waals surface area contributed by atoms with Crippen LogP contribution in [0.4, 0.5) is 0 Å². The number of carboxylic acids is 1. The second-order valence-electron chi connectivity index (χ2n) is 15.2. The molecule has 1 N–H and O–H groups in total. The van der Waals surface area contributed by atoms with E-state index in [-0.39, 0.29) is 42.7 Å². The van der Waals surface area contributed by atoms with Gasteiger partial charge in [-0.3, -0.25) is 9.59 Å².